The van der Waals surface area contributed by atoms with Crippen LogP contribution in [0.5, 0.6) is 0 Å². The number of hydrogen-bond donors (Lipinski definition) is 1. The lowest BCUT2D eigenvalue weighted by Crippen LogP contribution is -2.44. The number of anilines is 1. The zero-order valence-electron chi connectivity index (χ0n) is 23.9. The summed E-state index contributed by atoms with van der Waals surface area (Å²) < 4.78 is 0. The van der Waals surface area contributed by atoms with E-state index in [1.807, 2.05) is 0 Å². The molecule has 0 spiro atoms. The smallest absolute Gasteiger partial charge is 0.123 e. The lowest BCUT2D eigenvalue weighted by atomic mass is 9.76. The summed E-state index contributed by atoms with van der Waals surface area (Å²) in [5.41, 5.74) is 14.2. The van der Waals surface area contributed by atoms with Gasteiger partial charge in [-0.25, -0.2) is 4.99 Å². The molecule has 2 aliphatic carbocycles. The Bertz CT molecular complexity index is 1160. The number of nitrogens with two attached hydrogens (primary N) is 1. The average molecular weight is 514 g/mol. The highest BCUT2D eigenvalue weighted by molar-refractivity contribution is 6.07. The number of nitrogens with zero attached hydrogens (tertiary/aromatic N) is 4. The zero-order chi connectivity index (χ0) is 26.8. The van der Waals surface area contributed by atoms with E-state index in [9.17, 15) is 0 Å². The monoisotopic (exact) mass is 513 g/mol. The third-order valence-corrected chi connectivity index (χ3v) is 9.77. The number of amidine groups is 1. The van der Waals surface area contributed by atoms with Crippen molar-refractivity contribution >= 4 is 28.5 Å². The van der Waals surface area contributed by atoms with Crippen LogP contribution in [0.3, 0.4) is 0 Å². The van der Waals surface area contributed by atoms with E-state index in [0.717, 1.165) is 57.3 Å². The van der Waals surface area contributed by atoms with Crippen molar-refractivity contribution in [3.63, 3.8) is 0 Å². The Labute approximate surface area is 230 Å². The maximum absolute atomic E-state index is 5.93. The molecule has 38 heavy (non-hydrogen) atoms. The molecule has 2 N–H and O–H groups in total. The predicted octanol–water partition coefficient (Wildman–Crippen LogP) is 7.72. The number of benzene rings is 1. The molecule has 1 unspecified atom stereocenters. The Kier molecular flexibility index (Phi) is 8.04. The average Bonchev–Trinajstić information content (AvgIpc) is 3.72. The maximum Gasteiger partial charge on any atom is 0.123 e. The molecule has 2 bridgehead atoms. The Morgan fingerprint density at radius 1 is 1.13 bits per heavy atom. The van der Waals surface area contributed by atoms with Crippen LogP contribution >= 0.6 is 0 Å². The highest BCUT2D eigenvalue weighted by Crippen LogP contribution is 2.65. The Morgan fingerprint density at radius 2 is 1.92 bits per heavy atom. The van der Waals surface area contributed by atoms with E-state index < -0.39 is 0 Å². The third kappa shape index (κ3) is 5.06. The largest absolute Gasteiger partial charge is 0.342 e. The molecule has 2 fully saturated rings. The Balaban J connectivity index is 1.40. The van der Waals surface area contributed by atoms with Gasteiger partial charge in [-0.2, -0.15) is 0 Å². The lowest BCUT2D eigenvalue weighted by Gasteiger charge is -2.43. The van der Waals surface area contributed by atoms with Crippen molar-refractivity contribution in [1.82, 2.24) is 0 Å². The van der Waals surface area contributed by atoms with Gasteiger partial charge < -0.3 is 10.6 Å². The van der Waals surface area contributed by atoms with Gasteiger partial charge in [0.1, 0.15) is 5.84 Å². The van der Waals surface area contributed by atoms with Gasteiger partial charge in [-0.1, -0.05) is 39.0 Å². The van der Waals surface area contributed by atoms with Crippen LogP contribution in [-0.2, 0) is 0 Å². The van der Waals surface area contributed by atoms with Crippen molar-refractivity contribution in [3.05, 3.63) is 48.3 Å². The summed E-state index contributed by atoms with van der Waals surface area (Å²) in [4.78, 5) is 17.2. The van der Waals surface area contributed by atoms with Gasteiger partial charge in [0.05, 0.1) is 6.54 Å². The third-order valence-electron chi connectivity index (χ3n) is 9.77. The summed E-state index contributed by atoms with van der Waals surface area (Å²) in [7, 11) is 0. The normalized spacial score (nSPS) is 26.7. The van der Waals surface area contributed by atoms with E-state index in [1.54, 1.807) is 0 Å². The van der Waals surface area contributed by atoms with Gasteiger partial charge >= 0.3 is 0 Å². The van der Waals surface area contributed by atoms with E-state index in [4.69, 9.17) is 20.7 Å². The van der Waals surface area contributed by atoms with Crippen LogP contribution in [0.2, 0.25) is 0 Å². The Morgan fingerprint density at radius 3 is 2.66 bits per heavy atom. The van der Waals surface area contributed by atoms with Crippen LogP contribution in [0.4, 0.5) is 5.69 Å². The van der Waals surface area contributed by atoms with Crippen LogP contribution < -0.4 is 10.6 Å². The highest BCUT2D eigenvalue weighted by atomic mass is 15.2. The lowest BCUT2D eigenvalue weighted by molar-refractivity contribution is 0.238. The summed E-state index contributed by atoms with van der Waals surface area (Å²) >= 11 is 0. The second-order valence-corrected chi connectivity index (χ2v) is 12.2. The molecule has 4 aliphatic rings. The molecule has 1 atom stereocenters. The van der Waals surface area contributed by atoms with Crippen molar-refractivity contribution < 1.29 is 0 Å². The predicted molar refractivity (Wildman–Crippen MR) is 163 cm³/mol. The molecule has 204 valence electrons. The summed E-state index contributed by atoms with van der Waals surface area (Å²) in [6.45, 7) is 13.0. The van der Waals surface area contributed by atoms with Crippen molar-refractivity contribution in [2.24, 2.45) is 31.5 Å². The minimum absolute atomic E-state index is 0.251. The van der Waals surface area contributed by atoms with Crippen LogP contribution in [0, 0.1) is 10.8 Å². The molecular weight excluding hydrogens is 466 g/mol. The maximum atomic E-state index is 5.93. The molecule has 0 amide bonds. The van der Waals surface area contributed by atoms with E-state index in [0.29, 0.717) is 12.6 Å². The second kappa shape index (κ2) is 11.3. The second-order valence-electron chi connectivity index (χ2n) is 12.2. The van der Waals surface area contributed by atoms with Crippen LogP contribution in [0.25, 0.3) is 5.57 Å². The summed E-state index contributed by atoms with van der Waals surface area (Å²) in [6, 6.07) is 9.47. The minimum atomic E-state index is 0.251. The first-order chi connectivity index (χ1) is 18.4. The van der Waals surface area contributed by atoms with Crippen LogP contribution in [-0.4, -0.2) is 36.4 Å². The van der Waals surface area contributed by atoms with Gasteiger partial charge in [0.2, 0.25) is 0 Å². The van der Waals surface area contributed by atoms with Crippen molar-refractivity contribution in [1.29, 1.82) is 0 Å². The molecule has 1 aromatic carbocycles. The molecule has 0 aromatic heterocycles. The number of aliphatic imine (C=N–C) groups is 3. The first-order valence-electron chi connectivity index (χ1n) is 15.1. The standard InChI is InChI=1S/C33H47N5/c1-5-9-28-19-27(21-35-28)26-12-7-13-29(20-26)38(24(3)11-8-18-34)25(4)32-14-16-33(23-32,17-15-32)30-22-36-31(37-30)10-6-2/h7,12-13,20-21,25H,3,5-6,8-11,14-19,22-23,34H2,1-2,4H3. The fraction of sp³-hybridized carbons (Fsp3) is 0.606. The van der Waals surface area contributed by atoms with Crippen molar-refractivity contribution in [2.45, 2.75) is 104 Å². The van der Waals surface area contributed by atoms with E-state index in [1.165, 1.54) is 66.0 Å². The van der Waals surface area contributed by atoms with Gasteiger partial charge in [-0.15, -0.1) is 0 Å². The summed E-state index contributed by atoms with van der Waals surface area (Å²) in [5, 5.41) is 0. The van der Waals surface area contributed by atoms with Gasteiger partial charge in [-0.3, -0.25) is 9.98 Å². The first-order valence-corrected chi connectivity index (χ1v) is 15.1. The minimum Gasteiger partial charge on any atom is -0.342 e. The fourth-order valence-corrected chi connectivity index (χ4v) is 7.58. The molecular formula is C33H47N5. The molecule has 2 heterocycles. The highest BCUT2D eigenvalue weighted by Gasteiger charge is 2.59. The van der Waals surface area contributed by atoms with Gasteiger partial charge in [0.15, 0.2) is 0 Å². The zero-order valence-corrected chi connectivity index (χ0v) is 23.9. The molecule has 0 radical (unpaired) electrons. The van der Waals surface area contributed by atoms with E-state index >= 15 is 0 Å². The van der Waals surface area contributed by atoms with Crippen molar-refractivity contribution in [3.8, 4) is 0 Å². The number of hydrogen-bond acceptors (Lipinski definition) is 5. The molecule has 5 heteroatoms. The topological polar surface area (TPSA) is 66.3 Å². The summed E-state index contributed by atoms with van der Waals surface area (Å²) in [5.74, 6) is 1.08. The number of allylic oxidation sites excluding steroid dienone is 2. The quantitative estimate of drug-likeness (QED) is 0.293. The first kappa shape index (κ1) is 27.1. The number of rotatable bonds is 13. The molecule has 5 nitrogen and oxygen atoms in total. The van der Waals surface area contributed by atoms with Crippen LogP contribution in [0.15, 0.2) is 57.7 Å². The SMILES string of the molecule is C=C(CCCN)N(c1cccc(C2=CN=C(CCC)C2)c1)C(C)C12CCC(C3=NC(CCC)=NC3)(CC1)C2. The molecule has 0 saturated heterocycles. The molecule has 5 rings (SSSR count). The summed E-state index contributed by atoms with van der Waals surface area (Å²) in [6.07, 6.45) is 15.5. The molecule has 2 aliphatic heterocycles. The molecule has 2 saturated carbocycles. The fourth-order valence-electron chi connectivity index (χ4n) is 7.58. The van der Waals surface area contributed by atoms with E-state index in [-0.39, 0.29) is 10.8 Å². The number of fused-ring (bicyclic) bond motifs is 2. The van der Waals surface area contributed by atoms with Crippen LogP contribution in [0.1, 0.15) is 103 Å². The van der Waals surface area contributed by atoms with Crippen molar-refractivity contribution in [2.75, 3.05) is 18.0 Å². The van der Waals surface area contributed by atoms with Gasteiger partial charge in [0.25, 0.3) is 0 Å². The Hall–Kier alpha value is -2.53. The van der Waals surface area contributed by atoms with Gasteiger partial charge in [-0.05, 0) is 99.9 Å². The van der Waals surface area contributed by atoms with Gasteiger partial charge in [0, 0.05) is 53.3 Å². The van der Waals surface area contributed by atoms with E-state index in [2.05, 4.69) is 62.7 Å². The molecule has 1 aromatic rings.